The minimum atomic E-state index is 0.0345. The number of aromatic hydroxyl groups is 1. The third kappa shape index (κ3) is 2.41. The second-order valence-electron chi connectivity index (χ2n) is 4.39. The Morgan fingerprint density at radius 1 is 1.45 bits per heavy atom. The lowest BCUT2D eigenvalue weighted by Gasteiger charge is -2.05. The van der Waals surface area contributed by atoms with Gasteiger partial charge in [-0.25, -0.2) is 0 Å². The molecular weight excluding hydrogens is 290 g/mol. The molecular formula is C15H14NO2S2+. The molecule has 1 aliphatic heterocycles. The van der Waals surface area contributed by atoms with Gasteiger partial charge in [-0.2, -0.15) is 0 Å². The normalized spacial score (nSPS) is 16.9. The molecule has 0 radical (unpaired) electrons. The second kappa shape index (κ2) is 5.86. The number of fused-ring (bicyclic) bond motifs is 1. The molecule has 2 aromatic rings. The molecule has 20 heavy (non-hydrogen) atoms. The summed E-state index contributed by atoms with van der Waals surface area (Å²) in [5.74, 6) is 5.47. The lowest BCUT2D eigenvalue weighted by atomic mass is 10.2. The molecule has 3 nitrogen and oxygen atoms in total. The predicted octanol–water partition coefficient (Wildman–Crippen LogP) is 2.93. The van der Waals surface area contributed by atoms with E-state index in [1.165, 1.54) is 5.56 Å². The highest BCUT2D eigenvalue weighted by atomic mass is 32.2. The molecule has 3 rings (SSSR count). The summed E-state index contributed by atoms with van der Waals surface area (Å²) in [4.78, 5) is 0. The van der Waals surface area contributed by atoms with E-state index in [0.29, 0.717) is 11.5 Å². The Labute approximate surface area is 126 Å². The number of terminal acetylenes is 1. The van der Waals surface area contributed by atoms with Crippen LogP contribution < -0.4 is 4.57 Å². The molecule has 5 heteroatoms. The van der Waals surface area contributed by atoms with Gasteiger partial charge in [-0.1, -0.05) is 48.0 Å². The van der Waals surface area contributed by atoms with Crippen LogP contribution in [0.2, 0.25) is 0 Å². The van der Waals surface area contributed by atoms with Crippen LogP contribution in [0.3, 0.4) is 0 Å². The van der Waals surface area contributed by atoms with Crippen molar-refractivity contribution in [1.29, 1.82) is 0 Å². The first-order valence-electron chi connectivity index (χ1n) is 6.24. The Morgan fingerprint density at radius 2 is 2.25 bits per heavy atom. The van der Waals surface area contributed by atoms with Gasteiger partial charge in [0, 0.05) is 5.56 Å². The number of oxazole rings is 1. The molecule has 102 valence electrons. The van der Waals surface area contributed by atoms with Crippen molar-refractivity contribution >= 4 is 23.5 Å². The minimum absolute atomic E-state index is 0.0345. The lowest BCUT2D eigenvalue weighted by Crippen LogP contribution is -2.39. The highest BCUT2D eigenvalue weighted by Crippen LogP contribution is 2.39. The first-order valence-corrected chi connectivity index (χ1v) is 8.44. The quantitative estimate of drug-likeness (QED) is 0.535. The molecule has 0 fully saturated rings. The molecule has 1 aromatic heterocycles. The number of rotatable bonds is 4. The van der Waals surface area contributed by atoms with E-state index in [0.717, 1.165) is 17.3 Å². The predicted molar refractivity (Wildman–Crippen MR) is 81.4 cm³/mol. The summed E-state index contributed by atoms with van der Waals surface area (Å²) in [6.45, 7) is 0. The van der Waals surface area contributed by atoms with Crippen LogP contribution in [0.5, 0.6) is 5.95 Å². The number of benzene rings is 1. The van der Waals surface area contributed by atoms with E-state index >= 15 is 0 Å². The number of aromatic nitrogens is 1. The largest absolute Gasteiger partial charge is 0.476 e. The maximum Gasteiger partial charge on any atom is 0.361 e. The van der Waals surface area contributed by atoms with Crippen LogP contribution in [-0.4, -0.2) is 10.9 Å². The molecule has 0 saturated heterocycles. The fourth-order valence-electron chi connectivity index (χ4n) is 2.27. The van der Waals surface area contributed by atoms with Crippen molar-refractivity contribution in [3.05, 3.63) is 47.5 Å². The smallest absolute Gasteiger partial charge is 0.361 e. The highest BCUT2D eigenvalue weighted by molar-refractivity contribution is 7.99. The lowest BCUT2D eigenvalue weighted by molar-refractivity contribution is -0.702. The van der Waals surface area contributed by atoms with Crippen LogP contribution in [0.1, 0.15) is 22.5 Å². The summed E-state index contributed by atoms with van der Waals surface area (Å²) in [5, 5.41) is 10.1. The Balaban J connectivity index is 1.93. The van der Waals surface area contributed by atoms with Crippen molar-refractivity contribution in [2.45, 2.75) is 16.9 Å². The topological polar surface area (TPSA) is 37.3 Å². The summed E-state index contributed by atoms with van der Waals surface area (Å²) < 4.78 is 7.60. The van der Waals surface area contributed by atoms with Crippen molar-refractivity contribution < 1.29 is 14.1 Å². The first-order chi connectivity index (χ1) is 9.81. The van der Waals surface area contributed by atoms with Crippen molar-refractivity contribution in [3.8, 4) is 18.3 Å². The molecule has 0 bridgehead atoms. The Hall–Kier alpha value is -1.51. The van der Waals surface area contributed by atoms with Gasteiger partial charge in [-0.15, -0.1) is 22.8 Å². The third-order valence-electron chi connectivity index (χ3n) is 3.13. The molecule has 1 N–H and O–H groups in total. The average molecular weight is 304 g/mol. The summed E-state index contributed by atoms with van der Waals surface area (Å²) in [5.41, 5.74) is 2.07. The van der Waals surface area contributed by atoms with Gasteiger partial charge < -0.3 is 9.52 Å². The Bertz CT molecular complexity index is 646. The van der Waals surface area contributed by atoms with Crippen LogP contribution in [0.25, 0.3) is 0 Å². The standard InChI is InChI=1S/C15H13NO2S2/c1-2-8-19-10-13-16-12(15(17)18-13)9-20-14(16)11-6-4-3-5-7-11/h1,3-7,14H,8-10H2/p+1/t14-/m1/s1. The zero-order chi connectivity index (χ0) is 13.9. The SMILES string of the molecule is C#CCSCc1oc(O)c2[n+]1[C@@H](c1ccccc1)SC2. The van der Waals surface area contributed by atoms with Crippen molar-refractivity contribution in [3.63, 3.8) is 0 Å². The first kappa shape index (κ1) is 13.5. The van der Waals surface area contributed by atoms with Crippen LogP contribution >= 0.6 is 23.5 Å². The van der Waals surface area contributed by atoms with E-state index in [9.17, 15) is 5.11 Å². The van der Waals surface area contributed by atoms with Gasteiger partial charge in [0.1, 0.15) is 5.75 Å². The summed E-state index contributed by atoms with van der Waals surface area (Å²) in [6.07, 6.45) is 5.27. The number of nitrogens with zero attached hydrogens (tertiary/aromatic N) is 1. The zero-order valence-electron chi connectivity index (χ0n) is 10.8. The number of thioether (sulfide) groups is 2. The van der Waals surface area contributed by atoms with Gasteiger partial charge in [0.05, 0.1) is 11.5 Å². The van der Waals surface area contributed by atoms with Gasteiger partial charge in [0.2, 0.25) is 5.37 Å². The van der Waals surface area contributed by atoms with Gasteiger partial charge in [-0.3, -0.25) is 0 Å². The van der Waals surface area contributed by atoms with Crippen molar-refractivity contribution in [2.24, 2.45) is 0 Å². The van der Waals surface area contributed by atoms with E-state index in [1.807, 2.05) is 18.2 Å². The summed E-state index contributed by atoms with van der Waals surface area (Å²) >= 11 is 3.40. The van der Waals surface area contributed by atoms with Crippen LogP contribution in [0.4, 0.5) is 0 Å². The molecule has 0 amide bonds. The monoisotopic (exact) mass is 304 g/mol. The van der Waals surface area contributed by atoms with Gasteiger partial charge in [0.25, 0.3) is 5.69 Å². The number of hydrogen-bond acceptors (Lipinski definition) is 4. The van der Waals surface area contributed by atoms with E-state index < -0.39 is 0 Å². The second-order valence-corrected chi connectivity index (χ2v) is 6.44. The fourth-order valence-corrected chi connectivity index (χ4v) is 4.18. The van der Waals surface area contributed by atoms with Crippen LogP contribution in [-0.2, 0) is 11.5 Å². The fraction of sp³-hybridized carbons (Fsp3) is 0.267. The Kier molecular flexibility index (Phi) is 3.95. The van der Waals surface area contributed by atoms with Gasteiger partial charge in [-0.05, 0) is 0 Å². The van der Waals surface area contributed by atoms with Crippen LogP contribution in [0, 0.1) is 12.3 Å². The van der Waals surface area contributed by atoms with Crippen molar-refractivity contribution in [2.75, 3.05) is 5.75 Å². The third-order valence-corrected chi connectivity index (χ3v) is 5.19. The molecule has 0 unspecified atom stereocenters. The molecule has 0 saturated carbocycles. The molecule has 1 aromatic carbocycles. The van der Waals surface area contributed by atoms with E-state index in [1.54, 1.807) is 23.5 Å². The number of hydrogen-bond donors (Lipinski definition) is 1. The minimum Gasteiger partial charge on any atom is -0.476 e. The molecule has 2 heterocycles. The van der Waals surface area contributed by atoms with Gasteiger partial charge >= 0.3 is 11.8 Å². The Morgan fingerprint density at radius 3 is 3.00 bits per heavy atom. The molecule has 1 atom stereocenters. The summed E-state index contributed by atoms with van der Waals surface area (Å²) in [7, 11) is 0. The maximum absolute atomic E-state index is 9.92. The molecule has 0 aliphatic carbocycles. The van der Waals surface area contributed by atoms with Crippen LogP contribution in [0.15, 0.2) is 34.7 Å². The maximum atomic E-state index is 9.92. The average Bonchev–Trinajstić information content (AvgIpc) is 3.03. The van der Waals surface area contributed by atoms with E-state index in [4.69, 9.17) is 10.8 Å². The molecule has 0 spiro atoms. The molecule has 1 aliphatic rings. The van der Waals surface area contributed by atoms with E-state index in [2.05, 4.69) is 22.6 Å². The highest BCUT2D eigenvalue weighted by Gasteiger charge is 2.42. The van der Waals surface area contributed by atoms with Gasteiger partial charge in [0.15, 0.2) is 0 Å². The zero-order valence-corrected chi connectivity index (χ0v) is 12.4. The van der Waals surface area contributed by atoms with Crippen molar-refractivity contribution in [1.82, 2.24) is 0 Å². The van der Waals surface area contributed by atoms with E-state index in [-0.39, 0.29) is 11.3 Å². The summed E-state index contributed by atoms with van der Waals surface area (Å²) in [6, 6.07) is 10.3.